The number of rotatable bonds is 3. The van der Waals surface area contributed by atoms with E-state index in [0.717, 1.165) is 16.8 Å². The van der Waals surface area contributed by atoms with E-state index in [4.69, 9.17) is 11.6 Å². The third-order valence-electron chi connectivity index (χ3n) is 4.11. The van der Waals surface area contributed by atoms with Gasteiger partial charge in [0.1, 0.15) is 6.04 Å². The fourth-order valence-corrected chi connectivity index (χ4v) is 3.26. The molecule has 1 aliphatic rings. The van der Waals surface area contributed by atoms with Crippen LogP contribution in [0.5, 0.6) is 0 Å². The third-order valence-corrected chi connectivity index (χ3v) is 4.36. The molecule has 1 unspecified atom stereocenters. The van der Waals surface area contributed by atoms with E-state index in [1.54, 1.807) is 29.2 Å². The van der Waals surface area contributed by atoms with Gasteiger partial charge in [-0.2, -0.15) is 0 Å². The van der Waals surface area contributed by atoms with Gasteiger partial charge in [0.25, 0.3) is 0 Å². The van der Waals surface area contributed by atoms with Crippen molar-refractivity contribution in [3.05, 3.63) is 58.6 Å². The second-order valence-electron chi connectivity index (χ2n) is 6.16. The predicted octanol–water partition coefficient (Wildman–Crippen LogP) is 4.09. The number of aryl methyl sites for hydroxylation is 2. The Kier molecular flexibility index (Phi) is 4.58. The van der Waals surface area contributed by atoms with Crippen molar-refractivity contribution >= 4 is 34.8 Å². The fourth-order valence-electron chi connectivity index (χ4n) is 3.13. The number of carbonyl (C=O) groups excluding carboxylic acids is 2. The zero-order chi connectivity index (χ0) is 17.3. The molecule has 0 radical (unpaired) electrons. The van der Waals surface area contributed by atoms with Gasteiger partial charge in [-0.15, -0.1) is 0 Å². The molecule has 0 aromatic heterocycles. The van der Waals surface area contributed by atoms with Crippen molar-refractivity contribution in [2.45, 2.75) is 32.7 Å². The van der Waals surface area contributed by atoms with Crippen LogP contribution in [0.25, 0.3) is 0 Å². The lowest BCUT2D eigenvalue weighted by Gasteiger charge is -2.24. The molecule has 2 amide bonds. The summed E-state index contributed by atoms with van der Waals surface area (Å²) in [6, 6.07) is 12.4. The van der Waals surface area contributed by atoms with E-state index in [1.807, 2.05) is 26.0 Å². The SMILES string of the molecule is Cc1cc(C)cc(NC(=O)C2CCC(=O)N2c2ccc(Cl)cc2)c1. The van der Waals surface area contributed by atoms with Gasteiger partial charge in [-0.05, 0) is 67.8 Å². The minimum Gasteiger partial charge on any atom is -0.324 e. The average molecular weight is 343 g/mol. The van der Waals surface area contributed by atoms with E-state index in [9.17, 15) is 9.59 Å². The Hall–Kier alpha value is -2.33. The molecule has 1 atom stereocenters. The highest BCUT2D eigenvalue weighted by Gasteiger charge is 2.37. The Balaban J connectivity index is 1.82. The number of amides is 2. The van der Waals surface area contributed by atoms with Gasteiger partial charge >= 0.3 is 0 Å². The van der Waals surface area contributed by atoms with Gasteiger partial charge in [-0.1, -0.05) is 17.7 Å². The molecule has 4 nitrogen and oxygen atoms in total. The minimum absolute atomic E-state index is 0.0436. The Morgan fingerprint density at radius 1 is 1.12 bits per heavy atom. The smallest absolute Gasteiger partial charge is 0.247 e. The number of nitrogens with zero attached hydrogens (tertiary/aromatic N) is 1. The molecule has 0 bridgehead atoms. The van der Waals surface area contributed by atoms with Crippen molar-refractivity contribution in [1.82, 2.24) is 0 Å². The first-order valence-electron chi connectivity index (χ1n) is 7.91. The van der Waals surface area contributed by atoms with E-state index < -0.39 is 6.04 Å². The first-order chi connectivity index (χ1) is 11.4. The molecular formula is C19H19ClN2O2. The maximum atomic E-state index is 12.7. The van der Waals surface area contributed by atoms with Crippen LogP contribution in [-0.2, 0) is 9.59 Å². The fraction of sp³-hybridized carbons (Fsp3) is 0.263. The van der Waals surface area contributed by atoms with E-state index in [2.05, 4.69) is 11.4 Å². The highest BCUT2D eigenvalue weighted by atomic mass is 35.5. The topological polar surface area (TPSA) is 49.4 Å². The first kappa shape index (κ1) is 16.5. The van der Waals surface area contributed by atoms with Gasteiger partial charge < -0.3 is 5.32 Å². The van der Waals surface area contributed by atoms with E-state index in [1.165, 1.54) is 0 Å². The molecule has 0 aliphatic carbocycles. The Labute approximate surface area is 146 Å². The highest BCUT2D eigenvalue weighted by molar-refractivity contribution is 6.30. The van der Waals surface area contributed by atoms with Gasteiger partial charge in [0.15, 0.2) is 0 Å². The summed E-state index contributed by atoms with van der Waals surface area (Å²) in [6.45, 7) is 3.98. The van der Waals surface area contributed by atoms with Crippen molar-refractivity contribution in [2.75, 3.05) is 10.2 Å². The molecule has 1 heterocycles. The zero-order valence-corrected chi connectivity index (χ0v) is 14.4. The summed E-state index contributed by atoms with van der Waals surface area (Å²) < 4.78 is 0. The molecule has 3 rings (SSSR count). The molecule has 1 fully saturated rings. The Bertz CT molecular complexity index is 766. The number of benzene rings is 2. The summed E-state index contributed by atoms with van der Waals surface area (Å²) in [4.78, 5) is 26.5. The minimum atomic E-state index is -0.500. The zero-order valence-electron chi connectivity index (χ0n) is 13.7. The van der Waals surface area contributed by atoms with Gasteiger partial charge in [-0.3, -0.25) is 14.5 Å². The quantitative estimate of drug-likeness (QED) is 0.913. The highest BCUT2D eigenvalue weighted by Crippen LogP contribution is 2.28. The van der Waals surface area contributed by atoms with Crippen LogP contribution < -0.4 is 10.2 Å². The summed E-state index contributed by atoms with van der Waals surface area (Å²) in [7, 11) is 0. The predicted molar refractivity (Wildman–Crippen MR) is 96.5 cm³/mol. The van der Waals surface area contributed by atoms with Crippen LogP contribution in [0.3, 0.4) is 0 Å². The number of hydrogen-bond donors (Lipinski definition) is 1. The molecule has 2 aromatic carbocycles. The second-order valence-corrected chi connectivity index (χ2v) is 6.60. The number of anilines is 2. The number of carbonyl (C=O) groups is 2. The van der Waals surface area contributed by atoms with E-state index in [0.29, 0.717) is 23.6 Å². The van der Waals surface area contributed by atoms with E-state index >= 15 is 0 Å². The molecule has 2 aromatic rings. The lowest BCUT2D eigenvalue weighted by atomic mass is 10.1. The lowest BCUT2D eigenvalue weighted by Crippen LogP contribution is -2.41. The maximum absolute atomic E-state index is 12.7. The number of nitrogens with one attached hydrogen (secondary N) is 1. The van der Waals surface area contributed by atoms with Crippen LogP contribution in [0, 0.1) is 13.8 Å². The van der Waals surface area contributed by atoms with Gasteiger partial charge in [0.2, 0.25) is 11.8 Å². The van der Waals surface area contributed by atoms with Crippen LogP contribution in [0.15, 0.2) is 42.5 Å². The number of hydrogen-bond acceptors (Lipinski definition) is 2. The van der Waals surface area contributed by atoms with Crippen molar-refractivity contribution in [1.29, 1.82) is 0 Å². The summed E-state index contributed by atoms with van der Waals surface area (Å²) in [5.74, 6) is -0.210. The summed E-state index contributed by atoms with van der Waals surface area (Å²) in [5, 5.41) is 3.54. The normalized spacial score (nSPS) is 17.2. The number of halogens is 1. The third kappa shape index (κ3) is 3.44. The molecule has 124 valence electrons. The van der Waals surface area contributed by atoms with Crippen molar-refractivity contribution in [3.8, 4) is 0 Å². The Morgan fingerprint density at radius 2 is 1.75 bits per heavy atom. The van der Waals surface area contributed by atoms with E-state index in [-0.39, 0.29) is 11.8 Å². The molecule has 5 heteroatoms. The maximum Gasteiger partial charge on any atom is 0.247 e. The molecule has 24 heavy (non-hydrogen) atoms. The van der Waals surface area contributed by atoms with Gasteiger partial charge in [0, 0.05) is 22.8 Å². The summed E-state index contributed by atoms with van der Waals surface area (Å²) in [6.07, 6.45) is 0.881. The molecule has 1 saturated heterocycles. The van der Waals surface area contributed by atoms with Gasteiger partial charge in [0.05, 0.1) is 0 Å². The molecule has 1 aliphatic heterocycles. The van der Waals surface area contributed by atoms with Crippen molar-refractivity contribution in [3.63, 3.8) is 0 Å². The van der Waals surface area contributed by atoms with Crippen LogP contribution in [0.4, 0.5) is 11.4 Å². The van der Waals surface area contributed by atoms with Gasteiger partial charge in [-0.25, -0.2) is 0 Å². The first-order valence-corrected chi connectivity index (χ1v) is 8.28. The standard InChI is InChI=1S/C19H19ClN2O2/c1-12-9-13(2)11-15(10-12)21-19(24)17-7-8-18(23)22(17)16-5-3-14(20)4-6-16/h3-6,9-11,17H,7-8H2,1-2H3,(H,21,24). The summed E-state index contributed by atoms with van der Waals surface area (Å²) >= 11 is 5.91. The second kappa shape index (κ2) is 6.65. The average Bonchev–Trinajstić information content (AvgIpc) is 2.89. The van der Waals surface area contributed by atoms with Crippen LogP contribution >= 0.6 is 11.6 Å². The van der Waals surface area contributed by atoms with Crippen LogP contribution in [0.2, 0.25) is 5.02 Å². The summed E-state index contributed by atoms with van der Waals surface area (Å²) in [5.41, 5.74) is 3.63. The molecule has 0 spiro atoms. The van der Waals surface area contributed by atoms with Crippen molar-refractivity contribution < 1.29 is 9.59 Å². The van der Waals surface area contributed by atoms with Crippen LogP contribution in [0.1, 0.15) is 24.0 Å². The van der Waals surface area contributed by atoms with Crippen molar-refractivity contribution in [2.24, 2.45) is 0 Å². The largest absolute Gasteiger partial charge is 0.324 e. The van der Waals surface area contributed by atoms with Crippen LogP contribution in [-0.4, -0.2) is 17.9 Å². The Morgan fingerprint density at radius 3 is 2.38 bits per heavy atom. The lowest BCUT2D eigenvalue weighted by molar-refractivity contribution is -0.120. The molecular weight excluding hydrogens is 324 g/mol. The molecule has 1 N–H and O–H groups in total. The molecule has 0 saturated carbocycles. The monoisotopic (exact) mass is 342 g/mol.